The van der Waals surface area contributed by atoms with Crippen molar-refractivity contribution < 1.29 is 9.90 Å². The van der Waals surface area contributed by atoms with Gasteiger partial charge in [0.1, 0.15) is 0 Å². The van der Waals surface area contributed by atoms with E-state index in [-0.39, 0.29) is 24.5 Å². The Morgan fingerprint density at radius 2 is 2.33 bits per heavy atom. The summed E-state index contributed by atoms with van der Waals surface area (Å²) >= 11 is 0. The van der Waals surface area contributed by atoms with Gasteiger partial charge in [0, 0.05) is 5.92 Å². The van der Waals surface area contributed by atoms with Gasteiger partial charge in [0.15, 0.2) is 5.78 Å². The maximum Gasteiger partial charge on any atom is 0.157 e. The van der Waals surface area contributed by atoms with Crippen molar-refractivity contribution in [2.24, 2.45) is 5.92 Å². The third-order valence-electron chi connectivity index (χ3n) is 2.92. The zero-order valence-corrected chi connectivity index (χ0v) is 8.78. The van der Waals surface area contributed by atoms with Gasteiger partial charge < -0.3 is 5.11 Å². The van der Waals surface area contributed by atoms with Gasteiger partial charge in [0.25, 0.3) is 0 Å². The smallest absolute Gasteiger partial charge is 0.157 e. The molecule has 2 aliphatic carbocycles. The third kappa shape index (κ3) is 2.55. The van der Waals surface area contributed by atoms with E-state index in [1.807, 2.05) is 6.08 Å². The van der Waals surface area contributed by atoms with Crippen LogP contribution in [-0.2, 0) is 4.79 Å². The van der Waals surface area contributed by atoms with Crippen molar-refractivity contribution in [1.29, 1.82) is 0 Å². The Bertz CT molecular complexity index is 303. The molecule has 0 radical (unpaired) electrons. The van der Waals surface area contributed by atoms with Crippen LogP contribution in [-0.4, -0.2) is 23.7 Å². The molecule has 2 rings (SSSR count). The monoisotopic (exact) mass is 207 g/mol. The number of aliphatic hydroxyl groups excluding tert-OH is 1. The van der Waals surface area contributed by atoms with Crippen LogP contribution in [0, 0.1) is 5.92 Å². The Hall–Kier alpha value is -0.930. The minimum Gasteiger partial charge on any atom is -0.381 e. The third-order valence-corrected chi connectivity index (χ3v) is 2.92. The molecule has 82 valence electrons. The van der Waals surface area contributed by atoms with E-state index < -0.39 is 0 Å². The molecule has 0 unspecified atom stereocenters. The van der Waals surface area contributed by atoms with E-state index in [0.29, 0.717) is 0 Å². The fourth-order valence-corrected chi connectivity index (χ4v) is 1.93. The van der Waals surface area contributed by atoms with Gasteiger partial charge in [-0.1, -0.05) is 18.2 Å². The molecule has 1 saturated carbocycles. The summed E-state index contributed by atoms with van der Waals surface area (Å²) in [6, 6.07) is -0.293. The predicted octanol–water partition coefficient (Wildman–Crippen LogP) is 1.15. The molecule has 15 heavy (non-hydrogen) atoms. The van der Waals surface area contributed by atoms with Crippen molar-refractivity contribution in [2.75, 3.05) is 6.73 Å². The van der Waals surface area contributed by atoms with Crippen LogP contribution in [0.15, 0.2) is 23.8 Å². The molecule has 0 aromatic heterocycles. The van der Waals surface area contributed by atoms with Gasteiger partial charge in [-0.2, -0.15) is 0 Å². The second-order valence-electron chi connectivity index (χ2n) is 4.16. The van der Waals surface area contributed by atoms with Crippen LogP contribution >= 0.6 is 0 Å². The highest BCUT2D eigenvalue weighted by atomic mass is 16.3. The Morgan fingerprint density at radius 1 is 1.53 bits per heavy atom. The predicted molar refractivity (Wildman–Crippen MR) is 58.2 cm³/mol. The normalized spacial score (nSPS) is 22.3. The van der Waals surface area contributed by atoms with Crippen LogP contribution in [0.4, 0.5) is 0 Å². The summed E-state index contributed by atoms with van der Waals surface area (Å²) < 4.78 is 0. The number of ketones is 1. The van der Waals surface area contributed by atoms with Crippen molar-refractivity contribution in [3.05, 3.63) is 23.8 Å². The number of hydrogen-bond donors (Lipinski definition) is 2. The number of allylic oxidation sites excluding steroid dienone is 2. The van der Waals surface area contributed by atoms with Crippen molar-refractivity contribution in [2.45, 2.75) is 31.7 Å². The van der Waals surface area contributed by atoms with Gasteiger partial charge in [-0.3, -0.25) is 10.1 Å². The first kappa shape index (κ1) is 10.6. The minimum atomic E-state index is -0.293. The fraction of sp³-hybridized carbons (Fsp3) is 0.583. The highest BCUT2D eigenvalue weighted by Gasteiger charge is 2.35. The number of nitrogens with one attached hydrogen (secondary N) is 1. The van der Waals surface area contributed by atoms with Crippen molar-refractivity contribution in [3.63, 3.8) is 0 Å². The molecule has 0 aromatic rings. The van der Waals surface area contributed by atoms with Gasteiger partial charge in [0.05, 0.1) is 12.8 Å². The lowest BCUT2D eigenvalue weighted by atomic mass is 9.95. The van der Waals surface area contributed by atoms with Crippen LogP contribution < -0.4 is 5.32 Å². The second kappa shape index (κ2) is 4.73. The summed E-state index contributed by atoms with van der Waals surface area (Å²) in [5.74, 6) is 0.465. The number of carbonyl (C=O) groups excluding carboxylic acids is 1. The molecule has 3 heteroatoms. The van der Waals surface area contributed by atoms with E-state index in [1.54, 1.807) is 0 Å². The molecule has 0 spiro atoms. The van der Waals surface area contributed by atoms with Gasteiger partial charge in [0.2, 0.25) is 0 Å². The summed E-state index contributed by atoms with van der Waals surface area (Å²) in [6.45, 7) is -0.145. The molecule has 2 aliphatic rings. The molecule has 2 N–H and O–H groups in total. The first-order chi connectivity index (χ1) is 7.33. The summed E-state index contributed by atoms with van der Waals surface area (Å²) in [7, 11) is 0. The number of rotatable bonds is 5. The van der Waals surface area contributed by atoms with E-state index in [1.165, 1.54) is 0 Å². The van der Waals surface area contributed by atoms with Crippen molar-refractivity contribution >= 4 is 5.78 Å². The molecule has 3 nitrogen and oxygen atoms in total. The molecule has 1 fully saturated rings. The van der Waals surface area contributed by atoms with Gasteiger partial charge in [-0.15, -0.1) is 0 Å². The molecule has 0 saturated heterocycles. The standard InChI is InChI=1S/C12H17NO2/c14-8-13-11(12(15)10-6-7-10)9-4-2-1-3-5-9/h2,4-5,10-11,13-14H,1,3,6-8H2/t11-/m1/s1. The number of aliphatic hydroxyl groups is 1. The lowest BCUT2D eigenvalue weighted by Gasteiger charge is -2.19. The SMILES string of the molecule is O=C(C1CC1)[C@H](NCO)C1=CCCC=C1. The average molecular weight is 207 g/mol. The Morgan fingerprint density at radius 3 is 2.87 bits per heavy atom. The van der Waals surface area contributed by atoms with Crippen LogP contribution in [0.25, 0.3) is 0 Å². The van der Waals surface area contributed by atoms with E-state index in [2.05, 4.69) is 17.5 Å². The first-order valence-electron chi connectivity index (χ1n) is 5.57. The molecule has 0 bridgehead atoms. The largest absolute Gasteiger partial charge is 0.381 e. The highest BCUT2D eigenvalue weighted by molar-refractivity contribution is 5.91. The lowest BCUT2D eigenvalue weighted by molar-refractivity contribution is -0.121. The molecule has 1 atom stereocenters. The molecule has 0 aliphatic heterocycles. The second-order valence-corrected chi connectivity index (χ2v) is 4.16. The molecule has 0 aromatic carbocycles. The zero-order chi connectivity index (χ0) is 10.7. The van der Waals surface area contributed by atoms with Crippen molar-refractivity contribution in [1.82, 2.24) is 5.32 Å². The van der Waals surface area contributed by atoms with E-state index >= 15 is 0 Å². The number of hydrogen-bond acceptors (Lipinski definition) is 3. The molecule has 0 amide bonds. The maximum absolute atomic E-state index is 11.9. The van der Waals surface area contributed by atoms with Crippen molar-refractivity contribution in [3.8, 4) is 0 Å². The number of Topliss-reactive ketones (excluding diaryl/α,β-unsaturated/α-hetero) is 1. The zero-order valence-electron chi connectivity index (χ0n) is 8.78. The van der Waals surface area contributed by atoms with E-state index in [0.717, 1.165) is 31.3 Å². The minimum absolute atomic E-state index is 0.145. The molecular weight excluding hydrogens is 190 g/mol. The molecular formula is C12H17NO2. The number of carbonyl (C=O) groups is 1. The van der Waals surface area contributed by atoms with Gasteiger partial charge in [-0.25, -0.2) is 0 Å². The summed E-state index contributed by atoms with van der Waals surface area (Å²) in [5.41, 5.74) is 1.02. The fourth-order valence-electron chi connectivity index (χ4n) is 1.93. The average Bonchev–Trinajstić information content (AvgIpc) is 3.10. The van der Waals surface area contributed by atoms with Gasteiger partial charge in [-0.05, 0) is 31.3 Å². The first-order valence-corrected chi connectivity index (χ1v) is 5.57. The summed E-state index contributed by atoms with van der Waals surface area (Å²) in [5, 5.41) is 11.8. The van der Waals surface area contributed by atoms with E-state index in [4.69, 9.17) is 5.11 Å². The topological polar surface area (TPSA) is 49.3 Å². The highest BCUT2D eigenvalue weighted by Crippen LogP contribution is 2.32. The molecule has 0 heterocycles. The van der Waals surface area contributed by atoms with Crippen LogP contribution in [0.5, 0.6) is 0 Å². The lowest BCUT2D eigenvalue weighted by Crippen LogP contribution is -2.39. The van der Waals surface area contributed by atoms with Crippen LogP contribution in [0.1, 0.15) is 25.7 Å². The summed E-state index contributed by atoms with van der Waals surface area (Å²) in [6.07, 6.45) is 10.2. The Balaban J connectivity index is 2.07. The van der Waals surface area contributed by atoms with Crippen LogP contribution in [0.3, 0.4) is 0 Å². The Labute approximate surface area is 89.9 Å². The van der Waals surface area contributed by atoms with Gasteiger partial charge >= 0.3 is 0 Å². The maximum atomic E-state index is 11.9. The Kier molecular flexibility index (Phi) is 3.34. The summed E-state index contributed by atoms with van der Waals surface area (Å²) in [4.78, 5) is 11.9. The van der Waals surface area contributed by atoms with E-state index in [9.17, 15) is 4.79 Å². The quantitative estimate of drug-likeness (QED) is 0.665. The van der Waals surface area contributed by atoms with Crippen LogP contribution in [0.2, 0.25) is 0 Å².